The number of aliphatic hydroxyl groups excluding tert-OH is 1. The fraction of sp³-hybridized carbons (Fsp3) is 0.571. The SMILES string of the molecule is C[C@@H]([C@H](O)c1ccc2c(c1)OCO2)N1CCCC1. The first-order valence-corrected chi connectivity index (χ1v) is 6.57. The Bertz CT molecular complexity index is 429. The lowest BCUT2D eigenvalue weighted by Gasteiger charge is -2.28. The summed E-state index contributed by atoms with van der Waals surface area (Å²) in [7, 11) is 0. The van der Waals surface area contributed by atoms with Crippen molar-refractivity contribution in [1.29, 1.82) is 0 Å². The molecule has 2 aliphatic rings. The topological polar surface area (TPSA) is 41.9 Å². The highest BCUT2D eigenvalue weighted by molar-refractivity contribution is 5.45. The summed E-state index contributed by atoms with van der Waals surface area (Å²) in [5, 5.41) is 10.4. The molecule has 0 bridgehead atoms. The van der Waals surface area contributed by atoms with Gasteiger partial charge in [0.05, 0.1) is 6.10 Å². The molecule has 1 saturated heterocycles. The summed E-state index contributed by atoms with van der Waals surface area (Å²) in [6, 6.07) is 5.83. The maximum absolute atomic E-state index is 10.4. The van der Waals surface area contributed by atoms with Crippen LogP contribution in [0, 0.1) is 0 Å². The van der Waals surface area contributed by atoms with Gasteiger partial charge in [-0.25, -0.2) is 0 Å². The van der Waals surface area contributed by atoms with Crippen molar-refractivity contribution in [3.63, 3.8) is 0 Å². The van der Waals surface area contributed by atoms with Gasteiger partial charge in [-0.15, -0.1) is 0 Å². The van der Waals surface area contributed by atoms with Crippen molar-refractivity contribution >= 4 is 0 Å². The van der Waals surface area contributed by atoms with Crippen LogP contribution in [0.3, 0.4) is 0 Å². The first-order chi connectivity index (χ1) is 8.75. The van der Waals surface area contributed by atoms with Gasteiger partial charge >= 0.3 is 0 Å². The molecule has 0 unspecified atom stereocenters. The predicted molar refractivity (Wildman–Crippen MR) is 67.8 cm³/mol. The van der Waals surface area contributed by atoms with Crippen molar-refractivity contribution in [3.05, 3.63) is 23.8 Å². The van der Waals surface area contributed by atoms with Gasteiger partial charge in [0.2, 0.25) is 6.79 Å². The van der Waals surface area contributed by atoms with Crippen LogP contribution in [0.25, 0.3) is 0 Å². The molecule has 1 aromatic carbocycles. The molecule has 1 N–H and O–H groups in total. The van der Waals surface area contributed by atoms with E-state index >= 15 is 0 Å². The van der Waals surface area contributed by atoms with Crippen LogP contribution in [0.5, 0.6) is 11.5 Å². The molecule has 0 amide bonds. The summed E-state index contributed by atoms with van der Waals surface area (Å²) in [5.74, 6) is 1.50. The van der Waals surface area contributed by atoms with Crippen LogP contribution in [0.2, 0.25) is 0 Å². The van der Waals surface area contributed by atoms with Crippen molar-refractivity contribution in [2.45, 2.75) is 31.9 Å². The molecule has 0 radical (unpaired) electrons. The third-order valence-corrected chi connectivity index (χ3v) is 3.91. The highest BCUT2D eigenvalue weighted by Crippen LogP contribution is 2.35. The van der Waals surface area contributed by atoms with E-state index in [-0.39, 0.29) is 12.8 Å². The summed E-state index contributed by atoms with van der Waals surface area (Å²) >= 11 is 0. The summed E-state index contributed by atoms with van der Waals surface area (Å²) in [6.07, 6.45) is 1.99. The van der Waals surface area contributed by atoms with E-state index in [0.29, 0.717) is 0 Å². The molecule has 98 valence electrons. The van der Waals surface area contributed by atoms with E-state index in [1.165, 1.54) is 12.8 Å². The summed E-state index contributed by atoms with van der Waals surface area (Å²) < 4.78 is 10.6. The Labute approximate surface area is 107 Å². The van der Waals surface area contributed by atoms with Crippen LogP contribution >= 0.6 is 0 Å². The molecule has 18 heavy (non-hydrogen) atoms. The maximum atomic E-state index is 10.4. The van der Waals surface area contributed by atoms with Crippen LogP contribution in [-0.4, -0.2) is 35.9 Å². The highest BCUT2D eigenvalue weighted by Gasteiger charge is 2.26. The zero-order valence-corrected chi connectivity index (χ0v) is 10.6. The number of rotatable bonds is 3. The van der Waals surface area contributed by atoms with Crippen molar-refractivity contribution < 1.29 is 14.6 Å². The zero-order valence-electron chi connectivity index (χ0n) is 10.6. The Hall–Kier alpha value is -1.26. The molecule has 4 nitrogen and oxygen atoms in total. The van der Waals surface area contributed by atoms with E-state index in [2.05, 4.69) is 11.8 Å². The van der Waals surface area contributed by atoms with E-state index in [0.717, 1.165) is 30.2 Å². The fourth-order valence-electron chi connectivity index (χ4n) is 2.72. The first-order valence-electron chi connectivity index (χ1n) is 6.57. The molecule has 2 atom stereocenters. The monoisotopic (exact) mass is 249 g/mol. The second-order valence-corrected chi connectivity index (χ2v) is 5.04. The molecular formula is C14H19NO3. The van der Waals surface area contributed by atoms with Crippen LogP contribution in [0.4, 0.5) is 0 Å². The molecule has 2 aliphatic heterocycles. The smallest absolute Gasteiger partial charge is 0.231 e. The Balaban J connectivity index is 1.77. The average Bonchev–Trinajstić information content (AvgIpc) is 3.06. The van der Waals surface area contributed by atoms with Gasteiger partial charge in [0, 0.05) is 6.04 Å². The largest absolute Gasteiger partial charge is 0.454 e. The number of hydrogen-bond donors (Lipinski definition) is 1. The second-order valence-electron chi connectivity index (χ2n) is 5.04. The molecule has 1 fully saturated rings. The molecule has 0 aliphatic carbocycles. The van der Waals surface area contributed by atoms with Crippen molar-refractivity contribution in [3.8, 4) is 11.5 Å². The molecule has 0 saturated carbocycles. The number of aliphatic hydroxyl groups is 1. The quantitative estimate of drug-likeness (QED) is 0.889. The molecule has 3 rings (SSSR count). The van der Waals surface area contributed by atoms with Crippen molar-refractivity contribution in [2.75, 3.05) is 19.9 Å². The first kappa shape index (κ1) is 11.8. The summed E-state index contributed by atoms with van der Waals surface area (Å²) in [5.41, 5.74) is 0.902. The third kappa shape index (κ3) is 2.06. The fourth-order valence-corrected chi connectivity index (χ4v) is 2.72. The molecule has 0 spiro atoms. The van der Waals surface area contributed by atoms with Gasteiger partial charge in [-0.2, -0.15) is 0 Å². The molecular weight excluding hydrogens is 230 g/mol. The lowest BCUT2D eigenvalue weighted by atomic mass is 10.0. The summed E-state index contributed by atoms with van der Waals surface area (Å²) in [4.78, 5) is 2.34. The number of hydrogen-bond acceptors (Lipinski definition) is 4. The molecule has 1 aromatic rings. The third-order valence-electron chi connectivity index (χ3n) is 3.91. The number of likely N-dealkylation sites (tertiary alicyclic amines) is 1. The van der Waals surface area contributed by atoms with Crippen LogP contribution in [0.1, 0.15) is 31.4 Å². The van der Waals surface area contributed by atoms with Gasteiger partial charge in [0.1, 0.15) is 0 Å². The van der Waals surface area contributed by atoms with E-state index in [1.807, 2.05) is 18.2 Å². The second kappa shape index (κ2) is 4.78. The molecule has 0 aromatic heterocycles. The van der Waals surface area contributed by atoms with Crippen molar-refractivity contribution in [1.82, 2.24) is 4.90 Å². The normalized spacial score (nSPS) is 22.1. The highest BCUT2D eigenvalue weighted by atomic mass is 16.7. The van der Waals surface area contributed by atoms with E-state index in [4.69, 9.17) is 9.47 Å². The minimum absolute atomic E-state index is 0.146. The van der Waals surface area contributed by atoms with Gasteiger partial charge in [-0.05, 0) is 50.6 Å². The minimum Gasteiger partial charge on any atom is -0.454 e. The molecule has 2 heterocycles. The Kier molecular flexibility index (Phi) is 3.14. The predicted octanol–water partition coefficient (Wildman–Crippen LogP) is 1.93. The van der Waals surface area contributed by atoms with Crippen LogP contribution in [-0.2, 0) is 0 Å². The van der Waals surface area contributed by atoms with Gasteiger partial charge in [-0.3, -0.25) is 4.90 Å². The Morgan fingerprint density at radius 2 is 1.89 bits per heavy atom. The van der Waals surface area contributed by atoms with Gasteiger partial charge in [0.25, 0.3) is 0 Å². The van der Waals surface area contributed by atoms with Gasteiger partial charge < -0.3 is 14.6 Å². The Morgan fingerprint density at radius 3 is 2.67 bits per heavy atom. The van der Waals surface area contributed by atoms with Gasteiger partial charge in [0.15, 0.2) is 11.5 Å². The number of ether oxygens (including phenoxy) is 2. The molecule has 4 heteroatoms. The number of fused-ring (bicyclic) bond motifs is 1. The van der Waals surface area contributed by atoms with E-state index < -0.39 is 6.10 Å². The number of nitrogens with zero attached hydrogens (tertiary/aromatic N) is 1. The maximum Gasteiger partial charge on any atom is 0.231 e. The number of benzene rings is 1. The van der Waals surface area contributed by atoms with Gasteiger partial charge in [-0.1, -0.05) is 6.07 Å². The lowest BCUT2D eigenvalue weighted by Crippen LogP contribution is -2.35. The van der Waals surface area contributed by atoms with E-state index in [9.17, 15) is 5.11 Å². The van der Waals surface area contributed by atoms with Crippen LogP contribution < -0.4 is 9.47 Å². The summed E-state index contributed by atoms with van der Waals surface area (Å²) in [6.45, 7) is 4.53. The van der Waals surface area contributed by atoms with E-state index in [1.54, 1.807) is 0 Å². The minimum atomic E-state index is -0.474. The average molecular weight is 249 g/mol. The van der Waals surface area contributed by atoms with Crippen LogP contribution in [0.15, 0.2) is 18.2 Å². The van der Waals surface area contributed by atoms with Crippen molar-refractivity contribution in [2.24, 2.45) is 0 Å². The lowest BCUT2D eigenvalue weighted by molar-refractivity contribution is 0.0714. The Morgan fingerprint density at radius 1 is 1.17 bits per heavy atom. The standard InChI is InChI=1S/C14H19NO3/c1-10(15-6-2-3-7-15)14(16)11-4-5-12-13(8-11)18-9-17-12/h4-5,8,10,14,16H,2-3,6-7,9H2,1H3/t10-,14-/m0/s1. The zero-order chi connectivity index (χ0) is 12.5.